The summed E-state index contributed by atoms with van der Waals surface area (Å²) in [5.74, 6) is -0.0930. The molecule has 2 aromatic heterocycles. The smallest absolute Gasteiger partial charge is 0.248 e. The van der Waals surface area contributed by atoms with Crippen LogP contribution in [0.2, 0.25) is 5.02 Å². The number of hydrogen-bond donors (Lipinski definition) is 1. The number of nitrogens with zero attached hydrogens (tertiary/aromatic N) is 1. The highest BCUT2D eigenvalue weighted by Gasteiger charge is 2.37. The van der Waals surface area contributed by atoms with Gasteiger partial charge in [0.15, 0.2) is 0 Å². The lowest BCUT2D eigenvalue weighted by Gasteiger charge is -2.31. The lowest BCUT2D eigenvalue weighted by atomic mass is 9.72. The number of aromatic nitrogens is 1. The number of anilines is 1. The molecule has 26 heavy (non-hydrogen) atoms. The summed E-state index contributed by atoms with van der Waals surface area (Å²) in [6.45, 7) is 4.16. The zero-order valence-corrected chi connectivity index (χ0v) is 16.0. The van der Waals surface area contributed by atoms with E-state index in [1.54, 1.807) is 29.8 Å². The molecule has 1 unspecified atom stereocenters. The topological polar surface area (TPSA) is 42.0 Å². The largest absolute Gasteiger partial charge is 0.314 e. The van der Waals surface area contributed by atoms with Crippen LogP contribution in [-0.4, -0.2) is 10.9 Å². The maximum atomic E-state index is 12.4. The van der Waals surface area contributed by atoms with Crippen LogP contribution in [0.3, 0.4) is 0 Å². The van der Waals surface area contributed by atoms with Crippen LogP contribution in [0, 0.1) is 0 Å². The van der Waals surface area contributed by atoms with Gasteiger partial charge < -0.3 is 5.32 Å². The third kappa shape index (κ3) is 2.75. The minimum Gasteiger partial charge on any atom is -0.314 e. The van der Waals surface area contributed by atoms with Crippen LogP contribution in [0.15, 0.2) is 66.5 Å². The number of hydrogen-bond acceptors (Lipinski definition) is 3. The van der Waals surface area contributed by atoms with E-state index in [4.69, 9.17) is 11.6 Å². The summed E-state index contributed by atoms with van der Waals surface area (Å²) < 4.78 is 0. The van der Waals surface area contributed by atoms with Crippen molar-refractivity contribution in [2.24, 2.45) is 0 Å². The average Bonchev–Trinajstić information content (AvgIpc) is 3.03. The molecule has 130 valence electrons. The van der Waals surface area contributed by atoms with Crippen molar-refractivity contribution in [1.29, 1.82) is 0 Å². The number of nitrogens with one attached hydrogen (secondary N) is 1. The monoisotopic (exact) mass is 380 g/mol. The maximum Gasteiger partial charge on any atom is 0.248 e. The van der Waals surface area contributed by atoms with E-state index in [2.05, 4.69) is 23.3 Å². The number of allylic oxidation sites excluding steroid dienone is 1. The van der Waals surface area contributed by atoms with Crippen molar-refractivity contribution in [3.8, 4) is 10.4 Å². The molecule has 3 aromatic rings. The number of carbonyl (C=O) groups is 1. The van der Waals surface area contributed by atoms with Gasteiger partial charge in [0.2, 0.25) is 5.91 Å². The second kappa shape index (κ2) is 6.38. The Morgan fingerprint density at radius 1 is 1.12 bits per heavy atom. The van der Waals surface area contributed by atoms with Crippen molar-refractivity contribution in [3.05, 3.63) is 82.7 Å². The Morgan fingerprint density at radius 2 is 1.81 bits per heavy atom. The number of benzene rings is 1. The molecular weight excluding hydrogens is 364 g/mol. The van der Waals surface area contributed by atoms with Crippen LogP contribution in [0.5, 0.6) is 0 Å². The highest BCUT2D eigenvalue weighted by Crippen LogP contribution is 2.49. The number of thiophene rings is 1. The molecule has 1 N–H and O–H groups in total. The summed E-state index contributed by atoms with van der Waals surface area (Å²) in [6, 6.07) is 14.0. The van der Waals surface area contributed by atoms with Crippen LogP contribution >= 0.6 is 22.9 Å². The summed E-state index contributed by atoms with van der Waals surface area (Å²) in [6.07, 6.45) is 5.25. The van der Waals surface area contributed by atoms with Gasteiger partial charge in [0.1, 0.15) is 5.00 Å². The molecule has 0 radical (unpaired) electrons. The number of halogens is 1. The van der Waals surface area contributed by atoms with Gasteiger partial charge in [0.25, 0.3) is 0 Å². The van der Waals surface area contributed by atoms with Crippen LogP contribution in [-0.2, 0) is 10.2 Å². The first kappa shape index (κ1) is 17.0. The molecular formula is C21H17ClN2OS. The number of carbonyl (C=O) groups excluding carboxylic acids is 1. The Kier molecular flexibility index (Phi) is 4.17. The van der Waals surface area contributed by atoms with Gasteiger partial charge in [0, 0.05) is 39.3 Å². The molecule has 4 rings (SSSR count). The first-order valence-electron chi connectivity index (χ1n) is 8.29. The predicted molar refractivity (Wildman–Crippen MR) is 108 cm³/mol. The van der Waals surface area contributed by atoms with Gasteiger partial charge in [0.05, 0.1) is 0 Å². The van der Waals surface area contributed by atoms with E-state index < -0.39 is 5.41 Å². The van der Waals surface area contributed by atoms with E-state index in [0.717, 1.165) is 32.1 Å². The number of amides is 1. The molecule has 3 heterocycles. The van der Waals surface area contributed by atoms with Crippen molar-refractivity contribution in [1.82, 2.24) is 4.98 Å². The molecule has 1 amide bonds. The van der Waals surface area contributed by atoms with Crippen LogP contribution < -0.4 is 5.32 Å². The van der Waals surface area contributed by atoms with Gasteiger partial charge in [-0.3, -0.25) is 9.78 Å². The molecule has 0 bridgehead atoms. The second-order valence-electron chi connectivity index (χ2n) is 6.54. The standard InChI is InChI=1S/C21H17ClN2OS/c1-13-11-19(25)24-20-17(12-18(26-20)14-7-9-23-10-8-14)21(13,2)15-3-5-16(22)6-4-15/h3-12H,1-2H3,(H,24,25). The first-order chi connectivity index (χ1) is 12.5. The molecule has 1 aromatic carbocycles. The summed E-state index contributed by atoms with van der Waals surface area (Å²) in [5.41, 5.74) is 3.87. The highest BCUT2D eigenvalue weighted by atomic mass is 35.5. The van der Waals surface area contributed by atoms with Crippen molar-refractivity contribution < 1.29 is 4.79 Å². The molecule has 1 aliphatic rings. The highest BCUT2D eigenvalue weighted by molar-refractivity contribution is 7.19. The van der Waals surface area contributed by atoms with Crippen molar-refractivity contribution in [2.75, 3.05) is 5.32 Å². The van der Waals surface area contributed by atoms with Crippen LogP contribution in [0.4, 0.5) is 5.00 Å². The Labute approximate surface area is 161 Å². The van der Waals surface area contributed by atoms with E-state index >= 15 is 0 Å². The minimum absolute atomic E-state index is 0.0930. The van der Waals surface area contributed by atoms with Crippen molar-refractivity contribution >= 4 is 33.8 Å². The lowest BCUT2D eigenvalue weighted by Crippen LogP contribution is -2.24. The molecule has 0 saturated heterocycles. The van der Waals surface area contributed by atoms with Gasteiger partial charge in [-0.1, -0.05) is 29.3 Å². The third-order valence-corrected chi connectivity index (χ3v) is 6.38. The Balaban J connectivity index is 1.94. The molecule has 3 nitrogen and oxygen atoms in total. The fourth-order valence-corrected chi connectivity index (χ4v) is 4.68. The molecule has 1 aliphatic heterocycles. The zero-order chi connectivity index (χ0) is 18.3. The normalized spacial score (nSPS) is 19.3. The van der Waals surface area contributed by atoms with Crippen LogP contribution in [0.1, 0.15) is 25.0 Å². The zero-order valence-electron chi connectivity index (χ0n) is 14.4. The fourth-order valence-electron chi connectivity index (χ4n) is 3.38. The van der Waals surface area contributed by atoms with Crippen LogP contribution in [0.25, 0.3) is 10.4 Å². The molecule has 0 aliphatic carbocycles. The molecule has 0 spiro atoms. The molecule has 5 heteroatoms. The van der Waals surface area contributed by atoms with Gasteiger partial charge in [-0.25, -0.2) is 0 Å². The first-order valence-corrected chi connectivity index (χ1v) is 9.48. The second-order valence-corrected chi connectivity index (χ2v) is 8.03. The molecule has 1 atom stereocenters. The van der Waals surface area contributed by atoms with Gasteiger partial charge >= 0.3 is 0 Å². The molecule has 0 saturated carbocycles. The predicted octanol–water partition coefficient (Wildman–Crippen LogP) is 5.67. The number of rotatable bonds is 2. The maximum absolute atomic E-state index is 12.4. The summed E-state index contributed by atoms with van der Waals surface area (Å²) in [7, 11) is 0. The Hall–Kier alpha value is -2.43. The minimum atomic E-state index is -0.416. The van der Waals surface area contributed by atoms with Gasteiger partial charge in [-0.05, 0) is 55.3 Å². The van der Waals surface area contributed by atoms with Gasteiger partial charge in [-0.2, -0.15) is 0 Å². The Bertz CT molecular complexity index is 1010. The Morgan fingerprint density at radius 3 is 2.50 bits per heavy atom. The number of pyridine rings is 1. The fraction of sp³-hybridized carbons (Fsp3) is 0.143. The number of fused-ring (bicyclic) bond motifs is 1. The van der Waals surface area contributed by atoms with E-state index in [9.17, 15) is 4.79 Å². The van der Waals surface area contributed by atoms with Crippen molar-refractivity contribution in [2.45, 2.75) is 19.3 Å². The average molecular weight is 381 g/mol. The quantitative estimate of drug-likeness (QED) is 0.622. The van der Waals surface area contributed by atoms with E-state index in [0.29, 0.717) is 5.02 Å². The summed E-state index contributed by atoms with van der Waals surface area (Å²) in [4.78, 5) is 17.6. The van der Waals surface area contributed by atoms with E-state index in [1.807, 2.05) is 43.3 Å². The summed E-state index contributed by atoms with van der Waals surface area (Å²) in [5, 5.41) is 4.62. The SMILES string of the molecule is CC1=CC(=O)Nc2sc(-c3ccncc3)cc2C1(C)c1ccc(Cl)cc1. The third-order valence-electron chi connectivity index (χ3n) is 5.03. The summed E-state index contributed by atoms with van der Waals surface area (Å²) >= 11 is 7.68. The molecule has 0 fully saturated rings. The lowest BCUT2D eigenvalue weighted by molar-refractivity contribution is -0.111. The van der Waals surface area contributed by atoms with Crippen molar-refractivity contribution in [3.63, 3.8) is 0 Å². The van der Waals surface area contributed by atoms with E-state index in [-0.39, 0.29) is 5.91 Å². The van der Waals surface area contributed by atoms with Gasteiger partial charge in [-0.15, -0.1) is 11.3 Å². The van der Waals surface area contributed by atoms with E-state index in [1.165, 1.54) is 0 Å².